The summed E-state index contributed by atoms with van der Waals surface area (Å²) in [6.07, 6.45) is 0. The molecule has 0 radical (unpaired) electrons. The van der Waals surface area contributed by atoms with Crippen molar-refractivity contribution in [1.29, 1.82) is 0 Å². The predicted octanol–water partition coefficient (Wildman–Crippen LogP) is 5.75. The van der Waals surface area contributed by atoms with E-state index in [0.717, 1.165) is 28.0 Å². The summed E-state index contributed by atoms with van der Waals surface area (Å²) in [6.45, 7) is 1.52. The van der Waals surface area contributed by atoms with E-state index in [-0.39, 0.29) is 0 Å². The Morgan fingerprint density at radius 1 is 0.967 bits per heavy atom. The van der Waals surface area contributed by atoms with E-state index in [4.69, 9.17) is 32.7 Å². The van der Waals surface area contributed by atoms with Crippen molar-refractivity contribution < 1.29 is 9.47 Å². The van der Waals surface area contributed by atoms with Gasteiger partial charge in [-0.25, -0.2) is 4.98 Å². The number of para-hydroxylation sites is 2. The number of nitrogens with zero attached hydrogens (tertiary/aromatic N) is 1. The first-order valence-electron chi connectivity index (χ1n) is 9.51. The van der Waals surface area contributed by atoms with Crippen LogP contribution in [0.4, 0.5) is 0 Å². The zero-order valence-electron chi connectivity index (χ0n) is 16.4. The maximum Gasteiger partial charge on any atom is 0.180 e. The Morgan fingerprint density at radius 2 is 1.77 bits per heavy atom. The summed E-state index contributed by atoms with van der Waals surface area (Å²) in [5.41, 5.74) is 3.85. The summed E-state index contributed by atoms with van der Waals surface area (Å²) in [5.74, 6) is 1.96. The van der Waals surface area contributed by atoms with E-state index in [2.05, 4.69) is 15.3 Å². The van der Waals surface area contributed by atoms with Crippen molar-refractivity contribution in [2.24, 2.45) is 0 Å². The van der Waals surface area contributed by atoms with Crippen molar-refractivity contribution in [1.82, 2.24) is 15.3 Å². The first-order valence-corrected chi connectivity index (χ1v) is 10.3. The number of rotatable bonds is 8. The smallest absolute Gasteiger partial charge is 0.180 e. The van der Waals surface area contributed by atoms with Crippen LogP contribution in [0.5, 0.6) is 11.5 Å². The number of methoxy groups -OCH3 is 1. The Balaban J connectivity index is 1.41. The van der Waals surface area contributed by atoms with Crippen LogP contribution in [0.25, 0.3) is 11.0 Å². The van der Waals surface area contributed by atoms with Crippen LogP contribution >= 0.6 is 23.2 Å². The molecule has 0 spiro atoms. The fraction of sp³-hybridized carbons (Fsp3) is 0.174. The van der Waals surface area contributed by atoms with E-state index in [1.807, 2.05) is 60.7 Å². The van der Waals surface area contributed by atoms with Gasteiger partial charge in [0.05, 0.1) is 29.7 Å². The summed E-state index contributed by atoms with van der Waals surface area (Å²) in [6, 6.07) is 19.3. The summed E-state index contributed by atoms with van der Waals surface area (Å²) in [4.78, 5) is 7.88. The summed E-state index contributed by atoms with van der Waals surface area (Å²) >= 11 is 12.7. The minimum atomic E-state index is 0.305. The van der Waals surface area contributed by atoms with Crippen molar-refractivity contribution in [3.8, 4) is 11.5 Å². The average Bonchev–Trinajstić information content (AvgIpc) is 3.16. The van der Waals surface area contributed by atoms with Crippen molar-refractivity contribution >= 4 is 34.2 Å². The highest BCUT2D eigenvalue weighted by atomic mass is 35.5. The van der Waals surface area contributed by atoms with E-state index in [9.17, 15) is 0 Å². The molecule has 0 saturated heterocycles. The zero-order valence-corrected chi connectivity index (χ0v) is 17.9. The third-order valence-electron chi connectivity index (χ3n) is 4.68. The topological polar surface area (TPSA) is 59.2 Å². The molecule has 154 valence electrons. The molecule has 3 aromatic carbocycles. The highest BCUT2D eigenvalue weighted by Crippen LogP contribution is 2.37. The number of halogens is 2. The number of hydrogen-bond donors (Lipinski definition) is 2. The predicted molar refractivity (Wildman–Crippen MR) is 120 cm³/mol. The van der Waals surface area contributed by atoms with Crippen LogP contribution in [-0.2, 0) is 19.7 Å². The van der Waals surface area contributed by atoms with E-state index in [1.165, 1.54) is 0 Å². The van der Waals surface area contributed by atoms with E-state index < -0.39 is 0 Å². The van der Waals surface area contributed by atoms with Gasteiger partial charge in [-0.3, -0.25) is 0 Å². The third-order valence-corrected chi connectivity index (χ3v) is 5.33. The largest absolute Gasteiger partial charge is 0.493 e. The number of benzene rings is 3. The molecule has 0 aliphatic heterocycles. The van der Waals surface area contributed by atoms with E-state index in [1.54, 1.807) is 7.11 Å². The van der Waals surface area contributed by atoms with Crippen LogP contribution < -0.4 is 14.8 Å². The van der Waals surface area contributed by atoms with Crippen molar-refractivity contribution in [3.63, 3.8) is 0 Å². The lowest BCUT2D eigenvalue weighted by molar-refractivity contribution is 0.284. The Morgan fingerprint density at radius 3 is 2.57 bits per heavy atom. The Labute approximate surface area is 184 Å². The lowest BCUT2D eigenvalue weighted by Gasteiger charge is -2.15. The fourth-order valence-corrected chi connectivity index (χ4v) is 3.67. The molecule has 0 fully saturated rings. The summed E-state index contributed by atoms with van der Waals surface area (Å²) in [7, 11) is 1.60. The number of imidazole rings is 1. The van der Waals surface area contributed by atoms with Crippen molar-refractivity contribution in [3.05, 3.63) is 87.7 Å². The molecule has 30 heavy (non-hydrogen) atoms. The Bertz CT molecular complexity index is 1130. The van der Waals surface area contributed by atoms with Crippen molar-refractivity contribution in [2.75, 3.05) is 7.11 Å². The molecule has 0 amide bonds. The van der Waals surface area contributed by atoms with Crippen LogP contribution in [0.1, 0.15) is 17.0 Å². The van der Waals surface area contributed by atoms with Gasteiger partial charge in [0.15, 0.2) is 11.5 Å². The van der Waals surface area contributed by atoms with E-state index in [0.29, 0.717) is 41.2 Å². The highest BCUT2D eigenvalue weighted by Gasteiger charge is 2.13. The molecule has 2 N–H and O–H groups in total. The van der Waals surface area contributed by atoms with E-state index >= 15 is 0 Å². The molecule has 0 bridgehead atoms. The average molecular weight is 442 g/mol. The van der Waals surface area contributed by atoms with Gasteiger partial charge in [-0.1, -0.05) is 53.5 Å². The minimum Gasteiger partial charge on any atom is -0.493 e. The van der Waals surface area contributed by atoms with Crippen molar-refractivity contribution in [2.45, 2.75) is 19.7 Å². The molecule has 0 atom stereocenters. The van der Waals surface area contributed by atoms with Gasteiger partial charge in [0.1, 0.15) is 12.4 Å². The van der Waals surface area contributed by atoms with Gasteiger partial charge < -0.3 is 19.8 Å². The normalized spacial score (nSPS) is 11.0. The molecule has 4 aromatic rings. The molecular formula is C23H21Cl2N3O2. The Kier molecular flexibility index (Phi) is 6.43. The maximum atomic E-state index is 6.48. The fourth-order valence-electron chi connectivity index (χ4n) is 3.20. The number of ether oxygens (including phenoxy) is 2. The molecule has 4 rings (SSSR count). The third kappa shape index (κ3) is 4.70. The standard InChI is InChI=1S/C23H21Cl2N3O2/c1-29-21-11-15(12-26-13-22-27-19-8-4-5-9-20(19)28-22)10-18(25)23(21)30-14-16-6-2-3-7-17(16)24/h2-11,26H,12-14H2,1H3,(H,27,28). The van der Waals surface area contributed by atoms with Crippen LogP contribution in [0.15, 0.2) is 60.7 Å². The minimum absolute atomic E-state index is 0.305. The molecule has 0 aliphatic carbocycles. The second-order valence-corrected chi connectivity index (χ2v) is 7.61. The van der Waals surface area contributed by atoms with Crippen LogP contribution in [-0.4, -0.2) is 17.1 Å². The second-order valence-electron chi connectivity index (χ2n) is 6.79. The number of nitrogens with one attached hydrogen (secondary N) is 2. The SMILES string of the molecule is COc1cc(CNCc2nc3ccccc3[nH]2)cc(Cl)c1OCc1ccccc1Cl. The molecule has 0 aliphatic rings. The molecule has 7 heteroatoms. The highest BCUT2D eigenvalue weighted by molar-refractivity contribution is 6.32. The quantitative estimate of drug-likeness (QED) is 0.365. The molecular weight excluding hydrogens is 421 g/mol. The first-order chi connectivity index (χ1) is 14.6. The molecule has 1 heterocycles. The van der Waals surface area contributed by atoms with Crippen LogP contribution in [0.3, 0.4) is 0 Å². The number of fused-ring (bicyclic) bond motifs is 1. The molecule has 1 aromatic heterocycles. The molecule has 0 unspecified atom stereocenters. The van der Waals surface area contributed by atoms with Crippen LogP contribution in [0.2, 0.25) is 10.0 Å². The lowest BCUT2D eigenvalue weighted by atomic mass is 10.2. The lowest BCUT2D eigenvalue weighted by Crippen LogP contribution is -2.14. The van der Waals surface area contributed by atoms with Gasteiger partial charge in [0, 0.05) is 17.1 Å². The van der Waals surface area contributed by atoms with Gasteiger partial charge in [0.2, 0.25) is 0 Å². The van der Waals surface area contributed by atoms with Gasteiger partial charge >= 0.3 is 0 Å². The number of aromatic nitrogens is 2. The monoisotopic (exact) mass is 441 g/mol. The van der Waals surface area contributed by atoms with Gasteiger partial charge in [-0.05, 0) is 35.9 Å². The Hall–Kier alpha value is -2.73. The second kappa shape index (κ2) is 9.39. The number of hydrogen-bond acceptors (Lipinski definition) is 4. The van der Waals surface area contributed by atoms with Gasteiger partial charge in [-0.15, -0.1) is 0 Å². The molecule has 5 nitrogen and oxygen atoms in total. The first kappa shape index (κ1) is 20.5. The van der Waals surface area contributed by atoms with Gasteiger partial charge in [0.25, 0.3) is 0 Å². The zero-order chi connectivity index (χ0) is 20.9. The maximum absolute atomic E-state index is 6.48. The molecule has 0 saturated carbocycles. The van der Waals surface area contributed by atoms with Gasteiger partial charge in [-0.2, -0.15) is 0 Å². The van der Waals surface area contributed by atoms with Crippen LogP contribution in [0, 0.1) is 0 Å². The number of aromatic amines is 1. The summed E-state index contributed by atoms with van der Waals surface area (Å²) in [5, 5.41) is 4.52. The number of H-pyrrole nitrogens is 1. The summed E-state index contributed by atoms with van der Waals surface area (Å²) < 4.78 is 11.4.